The van der Waals surface area contributed by atoms with Crippen molar-refractivity contribution < 1.29 is 5.11 Å². The number of hydrogen-bond donors (Lipinski definition) is 1. The van der Waals surface area contributed by atoms with Crippen molar-refractivity contribution in [1.82, 2.24) is 14.5 Å². The van der Waals surface area contributed by atoms with Crippen molar-refractivity contribution in [3.63, 3.8) is 0 Å². The average molecular weight is 267 g/mol. The molecule has 0 aliphatic carbocycles. The molecule has 2 aromatic heterocycles. The highest BCUT2D eigenvalue weighted by atomic mass is 16.3. The third kappa shape index (κ3) is 2.03. The summed E-state index contributed by atoms with van der Waals surface area (Å²) in [5.41, 5.74) is 3.58. The van der Waals surface area contributed by atoms with E-state index in [4.69, 9.17) is 0 Å². The molecule has 3 aromatic rings. The number of fused-ring (bicyclic) bond motifs is 1. The Labute approximate surface area is 117 Å². The van der Waals surface area contributed by atoms with Crippen molar-refractivity contribution in [2.24, 2.45) is 0 Å². The molecule has 0 radical (unpaired) electrons. The molecular formula is C16H17N3O. The van der Waals surface area contributed by atoms with E-state index >= 15 is 0 Å². The fourth-order valence-corrected chi connectivity index (χ4v) is 2.43. The quantitative estimate of drug-likeness (QED) is 0.790. The number of rotatable bonds is 3. The molecule has 1 aromatic carbocycles. The molecule has 102 valence electrons. The second-order valence-electron chi connectivity index (χ2n) is 4.95. The Morgan fingerprint density at radius 2 is 2.10 bits per heavy atom. The number of phenols is 1. The maximum absolute atomic E-state index is 10.1. The lowest BCUT2D eigenvalue weighted by Gasteiger charge is -2.09. The average Bonchev–Trinajstić information content (AvgIpc) is 2.81. The second kappa shape index (κ2) is 4.96. The molecule has 0 spiro atoms. The molecule has 3 rings (SSSR count). The highest BCUT2D eigenvalue weighted by molar-refractivity contribution is 5.79. The molecule has 0 fully saturated rings. The highest BCUT2D eigenvalue weighted by Crippen LogP contribution is 2.31. The number of phenolic OH excluding ortho intramolecular Hbond substituents is 1. The van der Waals surface area contributed by atoms with E-state index in [1.807, 2.05) is 31.2 Å². The zero-order valence-corrected chi connectivity index (χ0v) is 11.7. The molecule has 0 saturated carbocycles. The van der Waals surface area contributed by atoms with Crippen LogP contribution >= 0.6 is 0 Å². The summed E-state index contributed by atoms with van der Waals surface area (Å²) in [7, 11) is 0. The third-order valence-corrected chi connectivity index (χ3v) is 3.34. The van der Waals surface area contributed by atoms with Crippen LogP contribution in [-0.2, 0) is 6.54 Å². The zero-order chi connectivity index (χ0) is 14.1. The van der Waals surface area contributed by atoms with Crippen molar-refractivity contribution >= 4 is 11.2 Å². The van der Waals surface area contributed by atoms with Gasteiger partial charge in [-0.25, -0.2) is 9.97 Å². The van der Waals surface area contributed by atoms with Crippen molar-refractivity contribution in [2.75, 3.05) is 0 Å². The molecule has 4 heteroatoms. The van der Waals surface area contributed by atoms with E-state index in [-0.39, 0.29) is 5.75 Å². The number of nitrogens with zero attached hydrogens (tertiary/aromatic N) is 3. The summed E-state index contributed by atoms with van der Waals surface area (Å²) in [6.07, 6.45) is 2.76. The van der Waals surface area contributed by atoms with Crippen molar-refractivity contribution in [3.8, 4) is 17.1 Å². The van der Waals surface area contributed by atoms with Crippen LogP contribution in [0.25, 0.3) is 22.6 Å². The topological polar surface area (TPSA) is 50.9 Å². The van der Waals surface area contributed by atoms with E-state index < -0.39 is 0 Å². The van der Waals surface area contributed by atoms with Crippen LogP contribution in [0, 0.1) is 6.92 Å². The number of pyridine rings is 1. The van der Waals surface area contributed by atoms with Gasteiger partial charge in [0.2, 0.25) is 0 Å². The Morgan fingerprint density at radius 1 is 1.25 bits per heavy atom. The predicted octanol–water partition coefficient (Wildman–Crippen LogP) is 3.52. The molecule has 0 aliphatic heterocycles. The van der Waals surface area contributed by atoms with E-state index in [0.29, 0.717) is 0 Å². The smallest absolute Gasteiger partial charge is 0.160 e. The summed E-state index contributed by atoms with van der Waals surface area (Å²) in [5.74, 6) is 1.03. The summed E-state index contributed by atoms with van der Waals surface area (Å²) in [5, 5.41) is 10.1. The Kier molecular flexibility index (Phi) is 3.14. The van der Waals surface area contributed by atoms with Gasteiger partial charge < -0.3 is 9.67 Å². The molecule has 4 nitrogen and oxygen atoms in total. The minimum atomic E-state index is 0.253. The molecule has 0 aliphatic rings. The Morgan fingerprint density at radius 3 is 2.90 bits per heavy atom. The van der Waals surface area contributed by atoms with Gasteiger partial charge in [0.1, 0.15) is 17.1 Å². The summed E-state index contributed by atoms with van der Waals surface area (Å²) < 4.78 is 2.07. The van der Waals surface area contributed by atoms with Crippen LogP contribution < -0.4 is 0 Å². The number of aromatic hydroxyl groups is 1. The predicted molar refractivity (Wildman–Crippen MR) is 79.7 cm³/mol. The van der Waals surface area contributed by atoms with Crippen LogP contribution in [0.5, 0.6) is 5.75 Å². The lowest BCUT2D eigenvalue weighted by atomic mass is 10.1. The molecule has 0 saturated heterocycles. The van der Waals surface area contributed by atoms with Crippen LogP contribution in [-0.4, -0.2) is 19.6 Å². The fourth-order valence-electron chi connectivity index (χ4n) is 2.43. The van der Waals surface area contributed by atoms with Gasteiger partial charge in [-0.3, -0.25) is 0 Å². The maximum atomic E-state index is 10.1. The first-order chi connectivity index (χ1) is 9.70. The van der Waals surface area contributed by atoms with E-state index in [1.54, 1.807) is 12.3 Å². The van der Waals surface area contributed by atoms with Crippen molar-refractivity contribution in [3.05, 3.63) is 42.1 Å². The van der Waals surface area contributed by atoms with Crippen molar-refractivity contribution in [1.29, 1.82) is 0 Å². The minimum absolute atomic E-state index is 0.253. The molecule has 0 bridgehead atoms. The Bertz CT molecular complexity index is 762. The molecule has 20 heavy (non-hydrogen) atoms. The van der Waals surface area contributed by atoms with Crippen LogP contribution in [0.15, 0.2) is 36.5 Å². The summed E-state index contributed by atoms with van der Waals surface area (Å²) in [6, 6.07) is 9.40. The Hall–Kier alpha value is -2.36. The summed E-state index contributed by atoms with van der Waals surface area (Å²) in [6.45, 7) is 4.96. The fraction of sp³-hybridized carbons (Fsp3) is 0.250. The first-order valence-corrected chi connectivity index (χ1v) is 6.82. The normalized spacial score (nSPS) is 11.1. The van der Waals surface area contributed by atoms with Crippen LogP contribution in [0.2, 0.25) is 0 Å². The second-order valence-corrected chi connectivity index (χ2v) is 4.95. The molecule has 0 amide bonds. The lowest BCUT2D eigenvalue weighted by molar-refractivity contribution is 0.476. The third-order valence-electron chi connectivity index (χ3n) is 3.34. The van der Waals surface area contributed by atoms with E-state index in [1.165, 1.54) is 0 Å². The molecule has 0 atom stereocenters. The van der Waals surface area contributed by atoms with Gasteiger partial charge in [-0.05, 0) is 37.6 Å². The van der Waals surface area contributed by atoms with Gasteiger partial charge in [-0.2, -0.15) is 0 Å². The Balaban J connectivity index is 2.29. The van der Waals surface area contributed by atoms with Crippen LogP contribution in [0.4, 0.5) is 0 Å². The van der Waals surface area contributed by atoms with Crippen LogP contribution in [0.1, 0.15) is 18.9 Å². The van der Waals surface area contributed by atoms with E-state index in [2.05, 4.69) is 21.5 Å². The van der Waals surface area contributed by atoms with Crippen molar-refractivity contribution in [2.45, 2.75) is 26.8 Å². The first kappa shape index (κ1) is 12.7. The molecule has 0 unspecified atom stereocenters. The number of imidazole rings is 1. The molecule has 1 N–H and O–H groups in total. The summed E-state index contributed by atoms with van der Waals surface area (Å²) in [4.78, 5) is 9.06. The number of hydrogen-bond acceptors (Lipinski definition) is 3. The van der Waals surface area contributed by atoms with Crippen LogP contribution in [0.3, 0.4) is 0 Å². The first-order valence-electron chi connectivity index (χ1n) is 6.82. The minimum Gasteiger partial charge on any atom is -0.507 e. The lowest BCUT2D eigenvalue weighted by Crippen LogP contribution is -2.01. The molecular weight excluding hydrogens is 250 g/mol. The number of aromatic nitrogens is 3. The molecule has 2 heterocycles. The van der Waals surface area contributed by atoms with Gasteiger partial charge in [0.15, 0.2) is 5.65 Å². The number of benzene rings is 1. The monoisotopic (exact) mass is 267 g/mol. The van der Waals surface area contributed by atoms with E-state index in [0.717, 1.165) is 41.1 Å². The SMILES string of the molecule is CCCn1c(-c2cc(C)ccc2O)nc2cccnc21. The standard InChI is InChI=1S/C16H17N3O/c1-3-9-19-15(12-10-11(2)6-7-14(12)20)18-13-5-4-8-17-16(13)19/h4-8,10,20H,3,9H2,1-2H3. The summed E-state index contributed by atoms with van der Waals surface area (Å²) >= 11 is 0. The van der Waals surface area contributed by atoms with E-state index in [9.17, 15) is 5.11 Å². The van der Waals surface area contributed by atoms with Gasteiger partial charge in [-0.1, -0.05) is 18.6 Å². The zero-order valence-electron chi connectivity index (χ0n) is 11.7. The number of aryl methyl sites for hydroxylation is 2. The van der Waals surface area contributed by atoms with Gasteiger partial charge in [0.25, 0.3) is 0 Å². The highest BCUT2D eigenvalue weighted by Gasteiger charge is 2.15. The van der Waals surface area contributed by atoms with Gasteiger partial charge in [0, 0.05) is 12.7 Å². The van der Waals surface area contributed by atoms with Gasteiger partial charge in [0.05, 0.1) is 5.56 Å². The maximum Gasteiger partial charge on any atom is 0.160 e. The largest absolute Gasteiger partial charge is 0.507 e. The van der Waals surface area contributed by atoms with Gasteiger partial charge in [-0.15, -0.1) is 0 Å². The van der Waals surface area contributed by atoms with Gasteiger partial charge >= 0.3 is 0 Å².